The smallest absolute Gasteiger partial charge is 0.253 e. The summed E-state index contributed by atoms with van der Waals surface area (Å²) < 4.78 is 4.98. The average Bonchev–Trinajstić information content (AvgIpc) is 2.53. The van der Waals surface area contributed by atoms with Gasteiger partial charge in [-0.25, -0.2) is 0 Å². The lowest BCUT2D eigenvalue weighted by molar-refractivity contribution is 0.0827. The predicted octanol–water partition coefficient (Wildman–Crippen LogP) is 0.742. The number of guanidine groups is 1. The first-order valence-electron chi connectivity index (χ1n) is 7.32. The van der Waals surface area contributed by atoms with E-state index >= 15 is 0 Å². The highest BCUT2D eigenvalue weighted by Gasteiger charge is 2.08. The molecule has 122 valence electrons. The van der Waals surface area contributed by atoms with Crippen molar-refractivity contribution in [3.63, 3.8) is 0 Å². The zero-order valence-corrected chi connectivity index (χ0v) is 13.8. The van der Waals surface area contributed by atoms with Crippen LogP contribution in [0.25, 0.3) is 0 Å². The maximum absolute atomic E-state index is 11.9. The van der Waals surface area contributed by atoms with Crippen LogP contribution >= 0.6 is 0 Å². The van der Waals surface area contributed by atoms with E-state index in [2.05, 4.69) is 15.6 Å². The van der Waals surface area contributed by atoms with Crippen molar-refractivity contribution in [1.82, 2.24) is 15.5 Å². The van der Waals surface area contributed by atoms with Crippen LogP contribution in [0.5, 0.6) is 0 Å². The molecule has 1 aromatic carbocycles. The number of amides is 1. The molecular formula is C16H26N4O2. The lowest BCUT2D eigenvalue weighted by Gasteiger charge is -2.13. The van der Waals surface area contributed by atoms with Gasteiger partial charge in [-0.15, -0.1) is 0 Å². The number of methoxy groups -OCH3 is 1. The first-order chi connectivity index (χ1) is 10.6. The Morgan fingerprint density at radius 3 is 2.64 bits per heavy atom. The molecule has 0 saturated carbocycles. The molecule has 2 N–H and O–H groups in total. The molecule has 6 heteroatoms. The second-order valence-electron chi connectivity index (χ2n) is 5.07. The summed E-state index contributed by atoms with van der Waals surface area (Å²) in [5.74, 6) is 0.768. The number of benzene rings is 1. The minimum Gasteiger partial charge on any atom is -0.383 e. The quantitative estimate of drug-likeness (QED) is 0.443. The van der Waals surface area contributed by atoms with Crippen LogP contribution in [0.4, 0.5) is 0 Å². The lowest BCUT2D eigenvalue weighted by Crippen LogP contribution is -2.39. The highest BCUT2D eigenvalue weighted by molar-refractivity contribution is 5.94. The normalized spacial score (nSPS) is 11.2. The second kappa shape index (κ2) is 9.78. The molecule has 0 unspecified atom stereocenters. The predicted molar refractivity (Wildman–Crippen MR) is 89.4 cm³/mol. The third-order valence-corrected chi connectivity index (χ3v) is 3.11. The lowest BCUT2D eigenvalue weighted by atomic mass is 10.1. The van der Waals surface area contributed by atoms with E-state index < -0.39 is 0 Å². The van der Waals surface area contributed by atoms with Gasteiger partial charge in [-0.05, 0) is 24.1 Å². The number of ether oxygens (including phenoxy) is 1. The van der Waals surface area contributed by atoms with Crippen molar-refractivity contribution < 1.29 is 9.53 Å². The van der Waals surface area contributed by atoms with Gasteiger partial charge in [0.2, 0.25) is 0 Å². The fourth-order valence-corrected chi connectivity index (χ4v) is 1.94. The molecule has 0 aliphatic rings. The summed E-state index contributed by atoms with van der Waals surface area (Å²) in [6.45, 7) is 2.09. The largest absolute Gasteiger partial charge is 0.383 e. The summed E-state index contributed by atoms with van der Waals surface area (Å²) in [7, 11) is 6.91. The van der Waals surface area contributed by atoms with Crippen LogP contribution in [-0.4, -0.2) is 64.7 Å². The molecule has 1 amide bonds. The van der Waals surface area contributed by atoms with E-state index in [0.29, 0.717) is 18.7 Å². The Labute approximate surface area is 132 Å². The van der Waals surface area contributed by atoms with Crippen LogP contribution < -0.4 is 10.6 Å². The van der Waals surface area contributed by atoms with E-state index in [1.54, 1.807) is 33.2 Å². The zero-order chi connectivity index (χ0) is 16.4. The average molecular weight is 306 g/mol. The highest BCUT2D eigenvalue weighted by Crippen LogP contribution is 2.07. The Morgan fingerprint density at radius 2 is 2.00 bits per heavy atom. The minimum atomic E-state index is 0.0202. The molecule has 1 aromatic rings. The number of aliphatic imine (C=N–C) groups is 1. The molecule has 0 atom stereocenters. The molecule has 22 heavy (non-hydrogen) atoms. The summed E-state index contributed by atoms with van der Waals surface area (Å²) in [6, 6.07) is 7.71. The van der Waals surface area contributed by atoms with Crippen molar-refractivity contribution in [1.29, 1.82) is 0 Å². The maximum atomic E-state index is 11.9. The van der Waals surface area contributed by atoms with Crippen LogP contribution in [0.1, 0.15) is 15.9 Å². The van der Waals surface area contributed by atoms with E-state index in [9.17, 15) is 4.79 Å². The van der Waals surface area contributed by atoms with Crippen LogP contribution in [0.3, 0.4) is 0 Å². The Kier molecular flexibility index (Phi) is 7.99. The molecule has 0 aromatic heterocycles. The van der Waals surface area contributed by atoms with Gasteiger partial charge < -0.3 is 20.3 Å². The van der Waals surface area contributed by atoms with Gasteiger partial charge in [0.05, 0.1) is 6.61 Å². The van der Waals surface area contributed by atoms with Gasteiger partial charge in [0, 0.05) is 46.9 Å². The zero-order valence-electron chi connectivity index (χ0n) is 13.8. The molecule has 6 nitrogen and oxygen atoms in total. The van der Waals surface area contributed by atoms with Crippen molar-refractivity contribution in [2.24, 2.45) is 4.99 Å². The third kappa shape index (κ3) is 6.13. The van der Waals surface area contributed by atoms with Crippen molar-refractivity contribution in [3.8, 4) is 0 Å². The molecule has 0 radical (unpaired) electrons. The number of hydrogen-bond donors (Lipinski definition) is 2. The van der Waals surface area contributed by atoms with Gasteiger partial charge >= 0.3 is 0 Å². The van der Waals surface area contributed by atoms with Crippen LogP contribution in [0, 0.1) is 0 Å². The Hall–Kier alpha value is -2.08. The first-order valence-corrected chi connectivity index (χ1v) is 7.32. The molecule has 0 fully saturated rings. The Morgan fingerprint density at radius 1 is 1.27 bits per heavy atom. The van der Waals surface area contributed by atoms with Crippen molar-refractivity contribution in [2.45, 2.75) is 6.42 Å². The van der Waals surface area contributed by atoms with Gasteiger partial charge in [0.25, 0.3) is 5.91 Å². The number of nitrogens with one attached hydrogen (secondary N) is 2. The van der Waals surface area contributed by atoms with Gasteiger partial charge in [0.1, 0.15) is 0 Å². The summed E-state index contributed by atoms with van der Waals surface area (Å²) in [6.07, 6.45) is 0.819. The fourth-order valence-electron chi connectivity index (χ4n) is 1.94. The van der Waals surface area contributed by atoms with Crippen LogP contribution in [0.2, 0.25) is 0 Å². The molecule has 0 spiro atoms. The summed E-state index contributed by atoms with van der Waals surface area (Å²) >= 11 is 0. The Bertz CT molecular complexity index is 501. The van der Waals surface area contributed by atoms with E-state index in [1.807, 2.05) is 24.3 Å². The van der Waals surface area contributed by atoms with E-state index in [0.717, 1.165) is 24.5 Å². The van der Waals surface area contributed by atoms with Gasteiger partial charge in [-0.2, -0.15) is 0 Å². The maximum Gasteiger partial charge on any atom is 0.253 e. The van der Waals surface area contributed by atoms with E-state index in [4.69, 9.17) is 4.74 Å². The van der Waals surface area contributed by atoms with Crippen molar-refractivity contribution in [2.75, 3.05) is 47.9 Å². The van der Waals surface area contributed by atoms with Crippen molar-refractivity contribution >= 4 is 11.9 Å². The SMILES string of the molecule is CN=C(NCCOC)NCCc1cccc(C(=O)N(C)C)c1. The van der Waals surface area contributed by atoms with E-state index in [1.165, 1.54) is 0 Å². The number of rotatable bonds is 7. The number of nitrogens with zero attached hydrogens (tertiary/aromatic N) is 2. The van der Waals surface area contributed by atoms with Gasteiger partial charge in [-0.3, -0.25) is 9.79 Å². The highest BCUT2D eigenvalue weighted by atomic mass is 16.5. The molecular weight excluding hydrogens is 280 g/mol. The molecule has 0 saturated heterocycles. The van der Waals surface area contributed by atoms with Gasteiger partial charge in [-0.1, -0.05) is 12.1 Å². The van der Waals surface area contributed by atoms with Crippen LogP contribution in [-0.2, 0) is 11.2 Å². The topological polar surface area (TPSA) is 66.0 Å². The Balaban J connectivity index is 2.47. The van der Waals surface area contributed by atoms with Crippen LogP contribution in [0.15, 0.2) is 29.3 Å². The first kappa shape index (κ1) is 18.0. The molecule has 0 bridgehead atoms. The molecule has 0 heterocycles. The standard InChI is InChI=1S/C16H26N4O2/c1-17-16(19-10-11-22-4)18-9-8-13-6-5-7-14(12-13)15(21)20(2)3/h5-7,12H,8-11H2,1-4H3,(H2,17,18,19). The van der Waals surface area contributed by atoms with Crippen molar-refractivity contribution in [3.05, 3.63) is 35.4 Å². The summed E-state index contributed by atoms with van der Waals surface area (Å²) in [5, 5.41) is 6.39. The van der Waals surface area contributed by atoms with E-state index in [-0.39, 0.29) is 5.91 Å². The number of hydrogen-bond acceptors (Lipinski definition) is 3. The number of carbonyl (C=O) groups is 1. The third-order valence-electron chi connectivity index (χ3n) is 3.11. The monoisotopic (exact) mass is 306 g/mol. The fraction of sp³-hybridized carbons (Fsp3) is 0.500. The van der Waals surface area contributed by atoms with Gasteiger partial charge in [0.15, 0.2) is 5.96 Å². The minimum absolute atomic E-state index is 0.0202. The molecule has 0 aliphatic heterocycles. The summed E-state index contributed by atoms with van der Waals surface area (Å²) in [4.78, 5) is 17.7. The summed E-state index contributed by atoms with van der Waals surface area (Å²) in [5.41, 5.74) is 1.83. The molecule has 1 rings (SSSR count). The second-order valence-corrected chi connectivity index (χ2v) is 5.07. The molecule has 0 aliphatic carbocycles. The number of carbonyl (C=O) groups excluding carboxylic acids is 1.